The third-order valence-corrected chi connectivity index (χ3v) is 4.29. The number of halogens is 2. The van der Waals surface area contributed by atoms with Gasteiger partial charge in [-0.25, -0.2) is 0 Å². The molecule has 21 heavy (non-hydrogen) atoms. The maximum atomic E-state index is 6.45. The molecule has 6 heteroatoms. The van der Waals surface area contributed by atoms with E-state index in [1.54, 1.807) is 14.2 Å². The van der Waals surface area contributed by atoms with Gasteiger partial charge in [0.1, 0.15) is 0 Å². The summed E-state index contributed by atoms with van der Waals surface area (Å²) in [4.78, 5) is 2.48. The van der Waals surface area contributed by atoms with E-state index in [-0.39, 0.29) is 12.4 Å². The number of hydrogen-bond acceptors (Lipinski definition) is 4. The summed E-state index contributed by atoms with van der Waals surface area (Å²) in [6, 6.07) is 4.53. The molecule has 0 spiro atoms. The Kier molecular flexibility index (Phi) is 7.60. The molecular weight excluding hydrogens is 311 g/mol. The van der Waals surface area contributed by atoms with Crippen LogP contribution in [0.15, 0.2) is 12.1 Å². The summed E-state index contributed by atoms with van der Waals surface area (Å²) in [6.07, 6.45) is 2.49. The normalized spacial score (nSPS) is 18.4. The smallest absolute Gasteiger partial charge is 0.179 e. The van der Waals surface area contributed by atoms with Crippen LogP contribution >= 0.6 is 24.0 Å². The molecule has 0 bridgehead atoms. The largest absolute Gasteiger partial charge is 0.493 e. The molecule has 0 radical (unpaired) electrons. The molecule has 4 nitrogen and oxygen atoms in total. The number of rotatable bonds is 6. The average molecular weight is 335 g/mol. The first-order valence-corrected chi connectivity index (χ1v) is 7.37. The monoisotopic (exact) mass is 334 g/mol. The first-order valence-electron chi connectivity index (χ1n) is 6.99. The lowest BCUT2D eigenvalue weighted by Gasteiger charge is -2.25. The number of nitrogens with one attached hydrogen (secondary N) is 1. The summed E-state index contributed by atoms with van der Waals surface area (Å²) in [7, 11) is 5.24. The Morgan fingerprint density at radius 3 is 2.71 bits per heavy atom. The molecule has 1 aliphatic heterocycles. The van der Waals surface area contributed by atoms with Crippen LogP contribution in [0.2, 0.25) is 5.02 Å². The van der Waals surface area contributed by atoms with Gasteiger partial charge in [-0.1, -0.05) is 17.7 Å². The Morgan fingerprint density at radius 2 is 2.10 bits per heavy atom. The maximum absolute atomic E-state index is 6.45. The lowest BCUT2D eigenvalue weighted by Crippen LogP contribution is -2.36. The van der Waals surface area contributed by atoms with Gasteiger partial charge in [-0.2, -0.15) is 0 Å². The van der Waals surface area contributed by atoms with Crippen LogP contribution in [-0.4, -0.2) is 45.3 Å². The van der Waals surface area contributed by atoms with Gasteiger partial charge in [0.2, 0.25) is 0 Å². The van der Waals surface area contributed by atoms with Crippen molar-refractivity contribution in [1.82, 2.24) is 10.2 Å². The molecule has 0 aromatic heterocycles. The van der Waals surface area contributed by atoms with Gasteiger partial charge in [0, 0.05) is 19.1 Å². The molecule has 1 heterocycles. The zero-order valence-electron chi connectivity index (χ0n) is 12.8. The summed E-state index contributed by atoms with van der Waals surface area (Å²) in [5.41, 5.74) is 1.09. The minimum absolute atomic E-state index is 0. The van der Waals surface area contributed by atoms with Crippen molar-refractivity contribution in [1.29, 1.82) is 0 Å². The van der Waals surface area contributed by atoms with Crippen molar-refractivity contribution >= 4 is 24.0 Å². The van der Waals surface area contributed by atoms with Crippen LogP contribution in [0.3, 0.4) is 0 Å². The fourth-order valence-corrected chi connectivity index (χ4v) is 3.13. The van der Waals surface area contributed by atoms with Crippen molar-refractivity contribution in [3.05, 3.63) is 22.7 Å². The number of benzene rings is 1. The number of ether oxygens (including phenoxy) is 2. The minimum atomic E-state index is 0. The highest BCUT2D eigenvalue weighted by Crippen LogP contribution is 2.38. The van der Waals surface area contributed by atoms with E-state index in [4.69, 9.17) is 21.1 Å². The lowest BCUT2D eigenvalue weighted by molar-refractivity contribution is 0.242. The fourth-order valence-electron chi connectivity index (χ4n) is 2.84. The second-order valence-corrected chi connectivity index (χ2v) is 5.48. The van der Waals surface area contributed by atoms with Gasteiger partial charge in [-0.15, -0.1) is 12.4 Å². The number of likely N-dealkylation sites (tertiary alicyclic amines) is 1. The van der Waals surface area contributed by atoms with E-state index in [0.29, 0.717) is 22.6 Å². The van der Waals surface area contributed by atoms with Crippen LogP contribution < -0.4 is 14.8 Å². The summed E-state index contributed by atoms with van der Waals surface area (Å²) in [5.74, 6) is 1.30. The Balaban J connectivity index is 0.00000220. The first-order chi connectivity index (χ1) is 9.71. The highest BCUT2D eigenvalue weighted by Gasteiger charge is 2.25. The van der Waals surface area contributed by atoms with E-state index < -0.39 is 0 Å². The van der Waals surface area contributed by atoms with Crippen molar-refractivity contribution in [3.8, 4) is 11.5 Å². The van der Waals surface area contributed by atoms with Gasteiger partial charge in [0.15, 0.2) is 11.5 Å². The molecule has 1 fully saturated rings. The molecule has 1 aliphatic rings. The summed E-state index contributed by atoms with van der Waals surface area (Å²) < 4.78 is 10.6. The molecule has 120 valence electrons. The maximum Gasteiger partial charge on any atom is 0.179 e. The third-order valence-electron chi connectivity index (χ3n) is 3.88. The predicted molar refractivity (Wildman–Crippen MR) is 89.2 cm³/mol. The average Bonchev–Trinajstić information content (AvgIpc) is 2.88. The van der Waals surface area contributed by atoms with E-state index >= 15 is 0 Å². The van der Waals surface area contributed by atoms with Crippen LogP contribution in [0.1, 0.15) is 18.4 Å². The molecule has 2 rings (SSSR count). The Hall–Kier alpha value is -0.680. The molecule has 1 saturated heterocycles. The van der Waals surface area contributed by atoms with Gasteiger partial charge in [0.05, 0.1) is 19.2 Å². The summed E-state index contributed by atoms with van der Waals surface area (Å²) >= 11 is 6.45. The zero-order valence-corrected chi connectivity index (χ0v) is 14.4. The Labute approximate surface area is 138 Å². The highest BCUT2D eigenvalue weighted by atomic mass is 35.5. The summed E-state index contributed by atoms with van der Waals surface area (Å²) in [6.45, 7) is 2.99. The van der Waals surface area contributed by atoms with Gasteiger partial charge >= 0.3 is 0 Å². The van der Waals surface area contributed by atoms with Crippen LogP contribution in [0, 0.1) is 0 Å². The molecule has 1 N–H and O–H groups in total. The molecule has 0 aliphatic carbocycles. The van der Waals surface area contributed by atoms with E-state index in [0.717, 1.165) is 25.2 Å². The van der Waals surface area contributed by atoms with Crippen LogP contribution in [-0.2, 0) is 6.54 Å². The van der Waals surface area contributed by atoms with E-state index in [1.165, 1.54) is 12.8 Å². The second kappa shape index (κ2) is 8.69. The van der Waals surface area contributed by atoms with Gasteiger partial charge in [-0.3, -0.25) is 4.90 Å². The summed E-state index contributed by atoms with van der Waals surface area (Å²) in [5, 5.41) is 3.92. The van der Waals surface area contributed by atoms with Crippen molar-refractivity contribution in [2.75, 3.05) is 34.4 Å². The van der Waals surface area contributed by atoms with Gasteiger partial charge in [0.25, 0.3) is 0 Å². The highest BCUT2D eigenvalue weighted by molar-refractivity contribution is 6.33. The van der Waals surface area contributed by atoms with Crippen LogP contribution in [0.5, 0.6) is 11.5 Å². The van der Waals surface area contributed by atoms with Crippen LogP contribution in [0.25, 0.3) is 0 Å². The van der Waals surface area contributed by atoms with Crippen molar-refractivity contribution < 1.29 is 9.47 Å². The second-order valence-electron chi connectivity index (χ2n) is 5.10. The Bertz CT molecular complexity index is 458. The molecule has 1 aromatic rings. The first kappa shape index (κ1) is 18.4. The van der Waals surface area contributed by atoms with Crippen molar-refractivity contribution in [2.45, 2.75) is 25.4 Å². The molecule has 0 amide bonds. The van der Waals surface area contributed by atoms with Gasteiger partial charge < -0.3 is 14.8 Å². The van der Waals surface area contributed by atoms with E-state index in [9.17, 15) is 0 Å². The fraction of sp³-hybridized carbons (Fsp3) is 0.600. The SMILES string of the molecule is CNCC1CCCN1Cc1ccc(OC)c(OC)c1Cl.Cl. The molecular formula is C15H24Cl2N2O2. The van der Waals surface area contributed by atoms with E-state index in [1.807, 2.05) is 19.2 Å². The van der Waals surface area contributed by atoms with Crippen molar-refractivity contribution in [3.63, 3.8) is 0 Å². The number of methoxy groups -OCH3 is 2. The van der Waals surface area contributed by atoms with Crippen LogP contribution in [0.4, 0.5) is 0 Å². The number of likely N-dealkylation sites (N-methyl/N-ethyl adjacent to an activating group) is 1. The molecule has 1 atom stereocenters. The molecule has 0 saturated carbocycles. The van der Waals surface area contributed by atoms with E-state index in [2.05, 4.69) is 10.2 Å². The topological polar surface area (TPSA) is 33.7 Å². The van der Waals surface area contributed by atoms with Gasteiger partial charge in [-0.05, 0) is 38.1 Å². The number of nitrogens with zero attached hydrogens (tertiary/aromatic N) is 1. The number of hydrogen-bond donors (Lipinski definition) is 1. The zero-order chi connectivity index (χ0) is 14.5. The lowest BCUT2D eigenvalue weighted by atomic mass is 10.1. The predicted octanol–water partition coefficient (Wildman–Crippen LogP) is 2.96. The standard InChI is InChI=1S/C15H23ClN2O2.ClH/c1-17-9-12-5-4-8-18(12)10-11-6-7-13(19-2)15(20-3)14(11)16;/h6-7,12,17H,4-5,8-10H2,1-3H3;1H. The third kappa shape index (κ3) is 4.16. The Morgan fingerprint density at radius 1 is 1.33 bits per heavy atom. The van der Waals surface area contributed by atoms with Crippen molar-refractivity contribution in [2.24, 2.45) is 0 Å². The molecule has 1 aromatic carbocycles. The minimum Gasteiger partial charge on any atom is -0.493 e. The molecule has 1 unspecified atom stereocenters. The quantitative estimate of drug-likeness (QED) is 0.867.